The Hall–Kier alpha value is -1.52. The van der Waals surface area contributed by atoms with Crippen LogP contribution in [-0.2, 0) is 14.8 Å². The Kier molecular flexibility index (Phi) is 6.48. The topological polar surface area (TPSA) is 91.6 Å². The van der Waals surface area contributed by atoms with Crippen LogP contribution in [0.4, 0.5) is 0 Å². The molecule has 150 valence electrons. The number of sulfonamides is 1. The van der Waals surface area contributed by atoms with E-state index in [-0.39, 0.29) is 17.4 Å². The first kappa shape index (κ1) is 20.2. The van der Waals surface area contributed by atoms with Crippen LogP contribution in [0.15, 0.2) is 23.1 Å². The van der Waals surface area contributed by atoms with E-state index in [9.17, 15) is 13.2 Å². The van der Waals surface area contributed by atoms with Crippen LogP contribution in [0.3, 0.4) is 0 Å². The van der Waals surface area contributed by atoms with Gasteiger partial charge in [-0.15, -0.1) is 0 Å². The SMILES string of the molecule is Cc1ccc(S(=O)(=O)N2CCOCC2)cc1C(=O)N1CC[NH+](CCO)CC1. The van der Waals surface area contributed by atoms with Gasteiger partial charge in [0.1, 0.15) is 6.54 Å². The fourth-order valence-corrected chi connectivity index (χ4v) is 4.97. The second kappa shape index (κ2) is 8.66. The van der Waals surface area contributed by atoms with E-state index in [4.69, 9.17) is 9.84 Å². The standard InChI is InChI=1S/C18H27N3O5S/c1-15-2-3-16(27(24,25)21-9-12-26-13-10-21)14-17(15)18(23)20-6-4-19(5-7-20)8-11-22/h2-3,14,22H,4-13H2,1H3/p+1. The van der Waals surface area contributed by atoms with E-state index in [0.717, 1.165) is 18.7 Å². The van der Waals surface area contributed by atoms with Crippen LogP contribution in [0, 0.1) is 6.92 Å². The lowest BCUT2D eigenvalue weighted by molar-refractivity contribution is -0.904. The van der Waals surface area contributed by atoms with E-state index < -0.39 is 10.0 Å². The number of aryl methyl sites for hydroxylation is 1. The van der Waals surface area contributed by atoms with Gasteiger partial charge in [-0.1, -0.05) is 6.07 Å². The molecular formula is C18H28N3O5S+. The van der Waals surface area contributed by atoms with Gasteiger partial charge in [-0.3, -0.25) is 4.79 Å². The Bertz CT molecular complexity index is 769. The van der Waals surface area contributed by atoms with E-state index in [2.05, 4.69) is 0 Å². The van der Waals surface area contributed by atoms with Gasteiger partial charge in [0.2, 0.25) is 10.0 Å². The molecule has 2 heterocycles. The van der Waals surface area contributed by atoms with Crippen LogP contribution in [0.2, 0.25) is 0 Å². The largest absolute Gasteiger partial charge is 0.391 e. The Morgan fingerprint density at radius 2 is 1.85 bits per heavy atom. The number of carbonyl (C=O) groups is 1. The van der Waals surface area contributed by atoms with Gasteiger partial charge in [0.15, 0.2) is 0 Å². The minimum absolute atomic E-state index is 0.130. The Labute approximate surface area is 160 Å². The van der Waals surface area contributed by atoms with E-state index in [1.165, 1.54) is 15.3 Å². The predicted molar refractivity (Wildman–Crippen MR) is 99.3 cm³/mol. The molecule has 0 aliphatic carbocycles. The van der Waals surface area contributed by atoms with Crippen molar-refractivity contribution in [1.29, 1.82) is 0 Å². The van der Waals surface area contributed by atoms with Crippen LogP contribution in [0.25, 0.3) is 0 Å². The number of amides is 1. The van der Waals surface area contributed by atoms with E-state index >= 15 is 0 Å². The molecule has 0 spiro atoms. The van der Waals surface area contributed by atoms with Crippen molar-refractivity contribution in [2.75, 3.05) is 65.6 Å². The number of hydrogen-bond acceptors (Lipinski definition) is 5. The summed E-state index contributed by atoms with van der Waals surface area (Å²) >= 11 is 0. The maximum Gasteiger partial charge on any atom is 0.254 e. The van der Waals surface area contributed by atoms with Gasteiger partial charge < -0.3 is 19.6 Å². The van der Waals surface area contributed by atoms with Gasteiger partial charge in [-0.05, 0) is 24.6 Å². The van der Waals surface area contributed by atoms with Crippen molar-refractivity contribution in [3.8, 4) is 0 Å². The lowest BCUT2D eigenvalue weighted by atomic mass is 10.1. The van der Waals surface area contributed by atoms with Gasteiger partial charge >= 0.3 is 0 Å². The number of benzene rings is 1. The summed E-state index contributed by atoms with van der Waals surface area (Å²) in [6, 6.07) is 4.78. The highest BCUT2D eigenvalue weighted by atomic mass is 32.2. The van der Waals surface area contributed by atoms with E-state index in [1.807, 2.05) is 6.92 Å². The quantitative estimate of drug-likeness (QED) is 0.620. The zero-order valence-corrected chi connectivity index (χ0v) is 16.5. The van der Waals surface area contributed by atoms with Crippen molar-refractivity contribution in [2.24, 2.45) is 0 Å². The van der Waals surface area contributed by atoms with Gasteiger partial charge in [0, 0.05) is 18.7 Å². The third-order valence-corrected chi connectivity index (χ3v) is 7.17. The molecule has 0 unspecified atom stereocenters. The van der Waals surface area contributed by atoms with Gasteiger partial charge in [-0.2, -0.15) is 4.31 Å². The smallest absolute Gasteiger partial charge is 0.254 e. The molecule has 2 saturated heterocycles. The number of rotatable bonds is 5. The van der Waals surface area contributed by atoms with E-state index in [1.54, 1.807) is 17.0 Å². The lowest BCUT2D eigenvalue weighted by Gasteiger charge is -2.32. The molecule has 1 aromatic rings. The summed E-state index contributed by atoms with van der Waals surface area (Å²) in [5.41, 5.74) is 1.21. The fraction of sp³-hybridized carbons (Fsp3) is 0.611. The number of carbonyl (C=O) groups excluding carboxylic acids is 1. The van der Waals surface area contributed by atoms with Gasteiger partial charge in [0.05, 0.1) is 50.9 Å². The Morgan fingerprint density at radius 3 is 2.48 bits per heavy atom. The summed E-state index contributed by atoms with van der Waals surface area (Å²) in [4.78, 5) is 16.2. The highest BCUT2D eigenvalue weighted by Crippen LogP contribution is 2.21. The van der Waals surface area contributed by atoms with Gasteiger partial charge in [-0.25, -0.2) is 8.42 Å². The van der Waals surface area contributed by atoms with Crippen molar-refractivity contribution in [3.63, 3.8) is 0 Å². The Morgan fingerprint density at radius 1 is 1.19 bits per heavy atom. The second-order valence-electron chi connectivity index (χ2n) is 7.01. The molecular weight excluding hydrogens is 370 g/mol. The number of piperazine rings is 1. The van der Waals surface area contributed by atoms with Crippen molar-refractivity contribution in [1.82, 2.24) is 9.21 Å². The van der Waals surface area contributed by atoms with Crippen molar-refractivity contribution in [2.45, 2.75) is 11.8 Å². The highest BCUT2D eigenvalue weighted by molar-refractivity contribution is 7.89. The molecule has 2 aliphatic heterocycles. The molecule has 27 heavy (non-hydrogen) atoms. The molecule has 1 amide bonds. The molecule has 3 rings (SSSR count). The molecule has 2 fully saturated rings. The van der Waals surface area contributed by atoms with Crippen LogP contribution >= 0.6 is 0 Å². The minimum Gasteiger partial charge on any atom is -0.391 e. The number of nitrogens with one attached hydrogen (secondary N) is 1. The molecule has 1 aromatic carbocycles. The van der Waals surface area contributed by atoms with Crippen LogP contribution in [0.1, 0.15) is 15.9 Å². The molecule has 0 saturated carbocycles. The number of aliphatic hydroxyl groups excluding tert-OH is 1. The maximum atomic E-state index is 13.0. The fourth-order valence-electron chi connectivity index (χ4n) is 3.53. The molecule has 0 atom stereocenters. The Balaban J connectivity index is 1.78. The molecule has 9 heteroatoms. The average molecular weight is 399 g/mol. The summed E-state index contributed by atoms with van der Waals surface area (Å²) in [6.07, 6.45) is 0. The predicted octanol–water partition coefficient (Wildman–Crippen LogP) is -1.65. The summed E-state index contributed by atoms with van der Waals surface area (Å²) in [5.74, 6) is -0.130. The molecule has 0 bridgehead atoms. The average Bonchev–Trinajstić information content (AvgIpc) is 2.69. The summed E-state index contributed by atoms with van der Waals surface area (Å²) in [7, 11) is -3.63. The molecule has 2 aliphatic rings. The van der Waals surface area contributed by atoms with Crippen LogP contribution < -0.4 is 4.90 Å². The first-order valence-corrected chi connectivity index (χ1v) is 10.8. The van der Waals surface area contributed by atoms with Crippen molar-refractivity contribution >= 4 is 15.9 Å². The van der Waals surface area contributed by atoms with E-state index in [0.29, 0.717) is 51.5 Å². The molecule has 0 radical (unpaired) electrons. The zero-order valence-electron chi connectivity index (χ0n) is 15.7. The molecule has 8 nitrogen and oxygen atoms in total. The highest BCUT2D eigenvalue weighted by Gasteiger charge is 2.29. The zero-order chi connectivity index (χ0) is 19.4. The maximum absolute atomic E-state index is 13.0. The number of nitrogens with zero attached hydrogens (tertiary/aromatic N) is 2. The van der Waals surface area contributed by atoms with Crippen LogP contribution in [0.5, 0.6) is 0 Å². The number of hydrogen-bond donors (Lipinski definition) is 2. The van der Waals surface area contributed by atoms with Crippen molar-refractivity contribution in [3.05, 3.63) is 29.3 Å². The third kappa shape index (κ3) is 4.49. The van der Waals surface area contributed by atoms with Crippen LogP contribution in [-0.4, -0.2) is 94.3 Å². The minimum atomic E-state index is -3.63. The molecule has 0 aromatic heterocycles. The summed E-state index contributed by atoms with van der Waals surface area (Å²) < 4.78 is 32.4. The molecule has 2 N–H and O–H groups in total. The number of quaternary nitrogens is 1. The summed E-state index contributed by atoms with van der Waals surface area (Å²) in [6.45, 7) is 6.87. The van der Waals surface area contributed by atoms with Crippen molar-refractivity contribution < 1.29 is 28.0 Å². The lowest BCUT2D eigenvalue weighted by Crippen LogP contribution is -3.15. The number of morpholine rings is 1. The number of ether oxygens (including phenoxy) is 1. The normalized spacial score (nSPS) is 20.0. The number of aliphatic hydroxyl groups is 1. The first-order chi connectivity index (χ1) is 12.9. The third-order valence-electron chi connectivity index (χ3n) is 5.27. The summed E-state index contributed by atoms with van der Waals surface area (Å²) in [5, 5.41) is 9.05. The monoisotopic (exact) mass is 398 g/mol. The first-order valence-electron chi connectivity index (χ1n) is 9.35. The van der Waals surface area contributed by atoms with Gasteiger partial charge in [0.25, 0.3) is 5.91 Å². The second-order valence-corrected chi connectivity index (χ2v) is 8.95.